The molecule has 0 radical (unpaired) electrons. The van der Waals surface area contributed by atoms with Gasteiger partial charge in [0.05, 0.1) is 11.6 Å². The summed E-state index contributed by atoms with van der Waals surface area (Å²) in [6.45, 7) is 14.1. The molecule has 3 aliphatic rings. The number of allylic oxidation sites excluding steroid dienone is 4. The number of Topliss-reactive ketones (excluding diaryl/α,β-unsaturated/α-hetero) is 2. The summed E-state index contributed by atoms with van der Waals surface area (Å²) in [6, 6.07) is 9.18. The molecule has 43 heavy (non-hydrogen) atoms. The first kappa shape index (κ1) is 30.9. The normalized spacial score (nSPS) is 19.4. The van der Waals surface area contributed by atoms with Crippen LogP contribution < -0.4 is 14.8 Å². The van der Waals surface area contributed by atoms with E-state index in [1.54, 1.807) is 12.1 Å². The lowest BCUT2D eigenvalue weighted by molar-refractivity contribution is -0.120. The van der Waals surface area contributed by atoms with E-state index in [1.807, 2.05) is 39.0 Å². The number of ether oxygens (including phenoxy) is 3. The van der Waals surface area contributed by atoms with E-state index in [4.69, 9.17) is 25.8 Å². The molecule has 2 aliphatic carbocycles. The SMILES string of the molecule is CCOc1cc(C2C3=C(CC(C)(C)CC3=O)OC3=C2C(=O)CC(C)(C)C3)cc(Cl)c1OCC(=O)Nc1ccc(C)c(C)c1. The Morgan fingerprint density at radius 2 is 1.51 bits per heavy atom. The molecule has 5 rings (SSSR count). The van der Waals surface area contributed by atoms with E-state index in [9.17, 15) is 14.4 Å². The average molecular weight is 606 g/mol. The van der Waals surface area contributed by atoms with Gasteiger partial charge in [0.15, 0.2) is 29.7 Å². The zero-order valence-corrected chi connectivity index (χ0v) is 26.8. The van der Waals surface area contributed by atoms with Gasteiger partial charge in [0, 0.05) is 48.4 Å². The smallest absolute Gasteiger partial charge is 0.262 e. The molecule has 0 saturated heterocycles. The largest absolute Gasteiger partial charge is 0.490 e. The number of rotatable bonds is 7. The third-order valence-corrected chi connectivity index (χ3v) is 8.67. The molecular formula is C35H40ClNO6. The van der Waals surface area contributed by atoms with Gasteiger partial charge >= 0.3 is 0 Å². The Balaban J connectivity index is 1.51. The second kappa shape index (κ2) is 11.5. The first-order valence-electron chi connectivity index (χ1n) is 14.8. The van der Waals surface area contributed by atoms with Crippen LogP contribution in [0.5, 0.6) is 11.5 Å². The Kier molecular flexibility index (Phi) is 8.25. The summed E-state index contributed by atoms with van der Waals surface area (Å²) in [5, 5.41) is 3.08. The van der Waals surface area contributed by atoms with Gasteiger partial charge in [0.25, 0.3) is 5.91 Å². The minimum absolute atomic E-state index is 0.0298. The molecule has 1 aliphatic heterocycles. The van der Waals surface area contributed by atoms with Crippen LogP contribution in [0.25, 0.3) is 0 Å². The van der Waals surface area contributed by atoms with Crippen molar-refractivity contribution in [2.24, 2.45) is 10.8 Å². The standard InChI is InChI=1S/C35H40ClNO6/c1-8-41-26-13-21(12-23(36)33(26)42-18-29(40)37-22-10-9-19(2)20(3)11-22)30-31-24(38)14-34(4,5)16-27(31)43-28-17-35(6,7)15-25(39)32(28)30/h9-13,30H,8,14-18H2,1-7H3,(H,37,40). The third-order valence-electron chi connectivity index (χ3n) is 8.39. The predicted octanol–water partition coefficient (Wildman–Crippen LogP) is 7.77. The molecule has 0 unspecified atom stereocenters. The van der Waals surface area contributed by atoms with E-state index in [0.29, 0.717) is 72.0 Å². The van der Waals surface area contributed by atoms with Crippen molar-refractivity contribution in [3.8, 4) is 11.5 Å². The zero-order valence-electron chi connectivity index (χ0n) is 26.0. The molecule has 0 saturated carbocycles. The molecule has 8 heteroatoms. The molecule has 2 aromatic carbocycles. The molecule has 1 N–H and O–H groups in total. The third kappa shape index (κ3) is 6.37. The molecule has 2 aromatic rings. The van der Waals surface area contributed by atoms with Crippen LogP contribution in [0.3, 0.4) is 0 Å². The van der Waals surface area contributed by atoms with Crippen LogP contribution in [0.1, 0.15) is 82.9 Å². The summed E-state index contributed by atoms with van der Waals surface area (Å²) in [7, 11) is 0. The van der Waals surface area contributed by atoms with Crippen molar-refractivity contribution in [1.29, 1.82) is 0 Å². The van der Waals surface area contributed by atoms with Gasteiger partial charge in [-0.15, -0.1) is 0 Å². The first-order valence-corrected chi connectivity index (χ1v) is 15.2. The monoisotopic (exact) mass is 605 g/mol. The van der Waals surface area contributed by atoms with Crippen molar-refractivity contribution < 1.29 is 28.6 Å². The molecule has 228 valence electrons. The van der Waals surface area contributed by atoms with Gasteiger partial charge in [-0.05, 0) is 72.6 Å². The summed E-state index contributed by atoms with van der Waals surface area (Å²) in [5.41, 5.74) is 4.07. The van der Waals surface area contributed by atoms with E-state index < -0.39 is 5.92 Å². The molecular weight excluding hydrogens is 566 g/mol. The van der Waals surface area contributed by atoms with Crippen LogP contribution in [-0.4, -0.2) is 30.7 Å². The maximum atomic E-state index is 13.7. The molecule has 0 aromatic heterocycles. The Bertz CT molecular complexity index is 1530. The maximum absolute atomic E-state index is 13.7. The zero-order chi connectivity index (χ0) is 31.3. The average Bonchev–Trinajstić information content (AvgIpc) is 2.87. The number of anilines is 1. The van der Waals surface area contributed by atoms with Crippen LogP contribution in [0, 0.1) is 24.7 Å². The molecule has 0 spiro atoms. The molecule has 7 nitrogen and oxygen atoms in total. The van der Waals surface area contributed by atoms with Crippen molar-refractivity contribution in [1.82, 2.24) is 0 Å². The van der Waals surface area contributed by atoms with E-state index in [1.165, 1.54) is 0 Å². The highest BCUT2D eigenvalue weighted by atomic mass is 35.5. The van der Waals surface area contributed by atoms with Gasteiger partial charge < -0.3 is 19.5 Å². The van der Waals surface area contributed by atoms with E-state index in [2.05, 4.69) is 33.0 Å². The number of carbonyl (C=O) groups excluding carboxylic acids is 3. The van der Waals surface area contributed by atoms with Crippen molar-refractivity contribution in [2.45, 2.75) is 80.1 Å². The fraction of sp³-hybridized carbons (Fsp3) is 0.457. The number of aryl methyl sites for hydroxylation is 2. The lowest BCUT2D eigenvalue weighted by atomic mass is 9.65. The fourth-order valence-corrected chi connectivity index (χ4v) is 6.59. The number of amides is 1. The topological polar surface area (TPSA) is 90.9 Å². The van der Waals surface area contributed by atoms with Gasteiger partial charge in [-0.25, -0.2) is 0 Å². The van der Waals surface area contributed by atoms with Crippen molar-refractivity contribution in [3.05, 3.63) is 74.7 Å². The van der Waals surface area contributed by atoms with Crippen LogP contribution >= 0.6 is 11.6 Å². The molecule has 1 heterocycles. The van der Waals surface area contributed by atoms with Gasteiger partial charge in [-0.1, -0.05) is 45.4 Å². The van der Waals surface area contributed by atoms with Crippen LogP contribution in [0.4, 0.5) is 5.69 Å². The van der Waals surface area contributed by atoms with Gasteiger partial charge in [-0.3, -0.25) is 14.4 Å². The van der Waals surface area contributed by atoms with Crippen LogP contribution in [0.15, 0.2) is 53.0 Å². The molecule has 0 bridgehead atoms. The second-order valence-corrected chi connectivity index (χ2v) is 13.9. The van der Waals surface area contributed by atoms with E-state index >= 15 is 0 Å². The fourth-order valence-electron chi connectivity index (χ4n) is 6.32. The highest BCUT2D eigenvalue weighted by Crippen LogP contribution is 2.54. The number of ketones is 2. The highest BCUT2D eigenvalue weighted by Gasteiger charge is 2.48. The maximum Gasteiger partial charge on any atom is 0.262 e. The molecule has 1 amide bonds. The van der Waals surface area contributed by atoms with Crippen LogP contribution in [0.2, 0.25) is 5.02 Å². The second-order valence-electron chi connectivity index (χ2n) is 13.5. The number of hydrogen-bond acceptors (Lipinski definition) is 6. The Morgan fingerprint density at radius 3 is 2.07 bits per heavy atom. The Hall–Kier alpha value is -3.58. The minimum atomic E-state index is -0.621. The highest BCUT2D eigenvalue weighted by molar-refractivity contribution is 6.32. The van der Waals surface area contributed by atoms with Crippen molar-refractivity contribution >= 4 is 34.8 Å². The predicted molar refractivity (Wildman–Crippen MR) is 167 cm³/mol. The Morgan fingerprint density at radius 1 is 0.907 bits per heavy atom. The number of halogens is 1. The first-order chi connectivity index (χ1) is 20.2. The summed E-state index contributed by atoms with van der Waals surface area (Å²) >= 11 is 6.82. The van der Waals surface area contributed by atoms with Gasteiger partial charge in [0.2, 0.25) is 0 Å². The summed E-state index contributed by atoms with van der Waals surface area (Å²) in [4.78, 5) is 40.1. The number of nitrogens with one attached hydrogen (secondary N) is 1. The van der Waals surface area contributed by atoms with Crippen LogP contribution in [-0.2, 0) is 19.1 Å². The number of hydrogen-bond donors (Lipinski definition) is 1. The summed E-state index contributed by atoms with van der Waals surface area (Å²) in [6.07, 6.45) is 1.91. The quantitative estimate of drug-likeness (QED) is 0.347. The number of benzene rings is 2. The lowest BCUT2D eigenvalue weighted by Gasteiger charge is -2.42. The van der Waals surface area contributed by atoms with Crippen molar-refractivity contribution in [3.63, 3.8) is 0 Å². The Labute approximate surface area is 258 Å². The van der Waals surface area contributed by atoms with Crippen molar-refractivity contribution in [2.75, 3.05) is 18.5 Å². The minimum Gasteiger partial charge on any atom is -0.490 e. The summed E-state index contributed by atoms with van der Waals surface area (Å²) in [5.74, 6) is 0.809. The molecule has 0 atom stereocenters. The lowest BCUT2D eigenvalue weighted by Crippen LogP contribution is -2.37. The summed E-state index contributed by atoms with van der Waals surface area (Å²) < 4.78 is 18.3. The number of carbonyl (C=O) groups is 3. The van der Waals surface area contributed by atoms with Gasteiger partial charge in [0.1, 0.15) is 11.5 Å². The van der Waals surface area contributed by atoms with E-state index in [-0.39, 0.29) is 45.7 Å². The van der Waals surface area contributed by atoms with E-state index in [0.717, 1.165) is 11.1 Å². The molecule has 0 fully saturated rings. The van der Waals surface area contributed by atoms with Gasteiger partial charge in [-0.2, -0.15) is 0 Å².